The Bertz CT molecular complexity index is 813. The molecule has 2 amide bonds. The second-order valence-corrected chi connectivity index (χ2v) is 6.53. The van der Waals surface area contributed by atoms with Crippen molar-refractivity contribution < 1.29 is 19.1 Å². The molecule has 0 radical (unpaired) electrons. The van der Waals surface area contributed by atoms with Crippen LogP contribution in [0.5, 0.6) is 11.5 Å². The number of aryl methyl sites for hydroxylation is 1. The Labute approximate surface area is 158 Å². The van der Waals surface area contributed by atoms with E-state index in [4.69, 9.17) is 9.47 Å². The summed E-state index contributed by atoms with van der Waals surface area (Å²) >= 11 is 0. The van der Waals surface area contributed by atoms with E-state index in [2.05, 4.69) is 10.6 Å². The molecule has 0 atom stereocenters. The molecule has 2 aromatic carbocycles. The van der Waals surface area contributed by atoms with E-state index >= 15 is 0 Å². The van der Waals surface area contributed by atoms with Gasteiger partial charge in [0, 0.05) is 17.3 Å². The zero-order valence-corrected chi connectivity index (χ0v) is 15.6. The zero-order valence-electron chi connectivity index (χ0n) is 15.6. The average Bonchev–Trinajstić information content (AvgIpc) is 3.49. The normalized spacial score (nSPS) is 13.0. The Morgan fingerprint density at radius 3 is 2.30 bits per heavy atom. The van der Waals surface area contributed by atoms with Crippen LogP contribution in [0, 0.1) is 12.8 Å². The topological polar surface area (TPSA) is 76.7 Å². The second-order valence-electron chi connectivity index (χ2n) is 6.53. The van der Waals surface area contributed by atoms with Gasteiger partial charge in [0.1, 0.15) is 11.5 Å². The summed E-state index contributed by atoms with van der Waals surface area (Å²) < 4.78 is 10.9. The van der Waals surface area contributed by atoms with Crippen LogP contribution < -0.4 is 20.1 Å². The average molecular weight is 368 g/mol. The van der Waals surface area contributed by atoms with Crippen molar-refractivity contribution in [2.75, 3.05) is 23.8 Å². The molecule has 0 aromatic heterocycles. The molecule has 0 heterocycles. The van der Waals surface area contributed by atoms with Crippen molar-refractivity contribution in [3.05, 3.63) is 48.0 Å². The molecular formula is C21H24N2O4. The Hall–Kier alpha value is -3.02. The Morgan fingerprint density at radius 1 is 1.00 bits per heavy atom. The smallest absolute Gasteiger partial charge is 0.262 e. The molecule has 2 N–H and O–H groups in total. The third-order valence-corrected chi connectivity index (χ3v) is 4.23. The summed E-state index contributed by atoms with van der Waals surface area (Å²) in [4.78, 5) is 24.1. The van der Waals surface area contributed by atoms with E-state index in [1.165, 1.54) is 0 Å². The minimum Gasteiger partial charge on any atom is -0.494 e. The highest BCUT2D eigenvalue weighted by Gasteiger charge is 2.29. The highest BCUT2D eigenvalue weighted by Crippen LogP contribution is 2.30. The number of carbonyl (C=O) groups is 2. The molecule has 1 saturated carbocycles. The SMILES string of the molecule is CCOc1ccc(OCC(=O)Nc2cc(NC(=O)C3CC3)ccc2C)cc1. The fourth-order valence-electron chi connectivity index (χ4n) is 2.56. The van der Waals surface area contributed by atoms with Crippen molar-refractivity contribution in [3.63, 3.8) is 0 Å². The van der Waals surface area contributed by atoms with Crippen LogP contribution >= 0.6 is 0 Å². The van der Waals surface area contributed by atoms with Crippen LogP contribution in [0.25, 0.3) is 0 Å². The quantitative estimate of drug-likeness (QED) is 0.744. The van der Waals surface area contributed by atoms with E-state index in [0.717, 1.165) is 24.2 Å². The minimum absolute atomic E-state index is 0.0370. The lowest BCUT2D eigenvalue weighted by Gasteiger charge is -2.12. The molecule has 27 heavy (non-hydrogen) atoms. The molecule has 6 heteroatoms. The molecule has 3 rings (SSSR count). The first kappa shape index (κ1) is 18.8. The lowest BCUT2D eigenvalue weighted by Crippen LogP contribution is -2.21. The number of ether oxygens (including phenoxy) is 2. The van der Waals surface area contributed by atoms with Crippen LogP contribution in [-0.4, -0.2) is 25.0 Å². The van der Waals surface area contributed by atoms with E-state index in [-0.39, 0.29) is 24.3 Å². The summed E-state index contributed by atoms with van der Waals surface area (Å²) in [6.45, 7) is 4.31. The second kappa shape index (κ2) is 8.58. The Morgan fingerprint density at radius 2 is 1.67 bits per heavy atom. The molecule has 0 bridgehead atoms. The van der Waals surface area contributed by atoms with Crippen LogP contribution in [0.3, 0.4) is 0 Å². The predicted octanol–water partition coefficient (Wildman–Crippen LogP) is 3.76. The minimum atomic E-state index is -0.266. The van der Waals surface area contributed by atoms with Gasteiger partial charge in [0.25, 0.3) is 5.91 Å². The third-order valence-electron chi connectivity index (χ3n) is 4.23. The van der Waals surface area contributed by atoms with Crippen LogP contribution in [-0.2, 0) is 9.59 Å². The van der Waals surface area contributed by atoms with E-state index in [9.17, 15) is 9.59 Å². The molecule has 0 unspecified atom stereocenters. The number of carbonyl (C=O) groups excluding carboxylic acids is 2. The maximum Gasteiger partial charge on any atom is 0.262 e. The standard InChI is InChI=1S/C21H24N2O4/c1-3-26-17-8-10-18(11-9-17)27-13-20(24)23-19-12-16(7-4-14(19)2)22-21(25)15-5-6-15/h4,7-12,15H,3,5-6,13H2,1-2H3,(H,22,25)(H,23,24). The van der Waals surface area contributed by atoms with Gasteiger partial charge in [-0.1, -0.05) is 6.07 Å². The van der Waals surface area contributed by atoms with Crippen molar-refractivity contribution in [2.24, 2.45) is 5.92 Å². The fraction of sp³-hybridized carbons (Fsp3) is 0.333. The number of amides is 2. The number of anilines is 2. The first-order chi connectivity index (χ1) is 13.0. The van der Waals surface area contributed by atoms with Gasteiger partial charge in [-0.05, 0) is 68.7 Å². The van der Waals surface area contributed by atoms with Crippen molar-refractivity contribution in [1.82, 2.24) is 0 Å². The molecule has 1 aliphatic rings. The molecular weight excluding hydrogens is 344 g/mol. The van der Waals surface area contributed by atoms with Crippen LogP contribution in [0.4, 0.5) is 11.4 Å². The van der Waals surface area contributed by atoms with Gasteiger partial charge in [-0.3, -0.25) is 9.59 Å². The predicted molar refractivity (Wildman–Crippen MR) is 104 cm³/mol. The van der Waals surface area contributed by atoms with Gasteiger partial charge in [-0.25, -0.2) is 0 Å². The maximum absolute atomic E-state index is 12.2. The van der Waals surface area contributed by atoms with Gasteiger partial charge < -0.3 is 20.1 Å². The van der Waals surface area contributed by atoms with E-state index < -0.39 is 0 Å². The highest BCUT2D eigenvalue weighted by molar-refractivity contribution is 5.96. The number of rotatable bonds is 8. The molecule has 2 aromatic rings. The maximum atomic E-state index is 12.2. The first-order valence-corrected chi connectivity index (χ1v) is 9.12. The first-order valence-electron chi connectivity index (χ1n) is 9.12. The van der Waals surface area contributed by atoms with Crippen molar-refractivity contribution >= 4 is 23.2 Å². The Kier molecular flexibility index (Phi) is 5.96. The molecule has 0 saturated heterocycles. The fourth-order valence-corrected chi connectivity index (χ4v) is 2.56. The number of hydrogen-bond donors (Lipinski definition) is 2. The highest BCUT2D eigenvalue weighted by atomic mass is 16.5. The molecule has 6 nitrogen and oxygen atoms in total. The summed E-state index contributed by atoms with van der Waals surface area (Å²) in [5.41, 5.74) is 2.25. The van der Waals surface area contributed by atoms with Crippen LogP contribution in [0.2, 0.25) is 0 Å². The van der Waals surface area contributed by atoms with Crippen molar-refractivity contribution in [2.45, 2.75) is 26.7 Å². The summed E-state index contributed by atoms with van der Waals surface area (Å²) in [6, 6.07) is 12.6. The summed E-state index contributed by atoms with van der Waals surface area (Å²) in [7, 11) is 0. The van der Waals surface area contributed by atoms with Gasteiger partial charge >= 0.3 is 0 Å². The zero-order chi connectivity index (χ0) is 19.2. The summed E-state index contributed by atoms with van der Waals surface area (Å²) in [5, 5.41) is 5.72. The monoisotopic (exact) mass is 368 g/mol. The molecule has 142 valence electrons. The van der Waals surface area contributed by atoms with Crippen molar-refractivity contribution in [3.8, 4) is 11.5 Å². The number of nitrogens with one attached hydrogen (secondary N) is 2. The van der Waals surface area contributed by atoms with Crippen LogP contribution in [0.1, 0.15) is 25.3 Å². The van der Waals surface area contributed by atoms with Gasteiger partial charge in [0.05, 0.1) is 6.61 Å². The third kappa shape index (κ3) is 5.48. The largest absolute Gasteiger partial charge is 0.494 e. The van der Waals surface area contributed by atoms with Crippen molar-refractivity contribution in [1.29, 1.82) is 0 Å². The van der Waals surface area contributed by atoms with Crippen LogP contribution in [0.15, 0.2) is 42.5 Å². The molecule has 1 fully saturated rings. The molecule has 0 spiro atoms. The van der Waals surface area contributed by atoms with E-state index in [1.54, 1.807) is 30.3 Å². The van der Waals surface area contributed by atoms with E-state index in [1.807, 2.05) is 26.0 Å². The van der Waals surface area contributed by atoms with E-state index in [0.29, 0.717) is 23.7 Å². The summed E-state index contributed by atoms with van der Waals surface area (Å²) in [5.74, 6) is 1.25. The number of hydrogen-bond acceptors (Lipinski definition) is 4. The molecule has 1 aliphatic carbocycles. The van der Waals surface area contributed by atoms with Gasteiger partial charge in [0.2, 0.25) is 5.91 Å². The lowest BCUT2D eigenvalue weighted by atomic mass is 10.1. The lowest BCUT2D eigenvalue weighted by molar-refractivity contribution is -0.118. The number of benzene rings is 2. The van der Waals surface area contributed by atoms with Gasteiger partial charge in [-0.15, -0.1) is 0 Å². The Balaban J connectivity index is 1.54. The summed E-state index contributed by atoms with van der Waals surface area (Å²) in [6.07, 6.45) is 1.90. The van der Waals surface area contributed by atoms with Gasteiger partial charge in [-0.2, -0.15) is 0 Å². The van der Waals surface area contributed by atoms with Gasteiger partial charge in [0.15, 0.2) is 6.61 Å². The molecule has 0 aliphatic heterocycles.